The Morgan fingerprint density at radius 2 is 1.71 bits per heavy atom. The van der Waals surface area contributed by atoms with Gasteiger partial charge in [0.25, 0.3) is 0 Å². The number of nitrogen functional groups attached to an aromatic ring is 1. The summed E-state index contributed by atoms with van der Waals surface area (Å²) < 4.78 is 15.6. The monoisotopic (exact) mass is 292 g/mol. The predicted octanol–water partition coefficient (Wildman–Crippen LogP) is 1.78. The number of aromatic nitrogens is 2. The van der Waals surface area contributed by atoms with Gasteiger partial charge < -0.3 is 19.9 Å². The number of benzene rings is 1. The van der Waals surface area contributed by atoms with Crippen LogP contribution in [0.2, 0.25) is 0 Å². The van der Waals surface area contributed by atoms with Gasteiger partial charge in [-0.1, -0.05) is 0 Å². The summed E-state index contributed by atoms with van der Waals surface area (Å²) in [7, 11) is 2.95. The van der Waals surface area contributed by atoms with Gasteiger partial charge in [-0.05, 0) is 0 Å². The lowest BCUT2D eigenvalue weighted by Crippen LogP contribution is -2.01. The third kappa shape index (κ3) is 3.26. The molecule has 110 valence electrons. The Kier molecular flexibility index (Phi) is 4.02. The average molecular weight is 292 g/mol. The van der Waals surface area contributed by atoms with Crippen molar-refractivity contribution in [3.63, 3.8) is 0 Å². The van der Waals surface area contributed by atoms with Crippen LogP contribution in [0.4, 0.5) is 11.6 Å². The summed E-state index contributed by atoms with van der Waals surface area (Å²) in [5, 5.41) is 10.9. The van der Waals surface area contributed by atoms with Crippen molar-refractivity contribution in [1.29, 1.82) is 0 Å². The van der Waals surface area contributed by atoms with E-state index in [1.165, 1.54) is 26.4 Å². The largest absolute Gasteiger partial charge is 0.496 e. The van der Waals surface area contributed by atoms with Gasteiger partial charge in [0.2, 0.25) is 5.95 Å². The molecule has 0 unspecified atom stereocenters. The van der Waals surface area contributed by atoms with Crippen molar-refractivity contribution < 1.29 is 19.1 Å². The van der Waals surface area contributed by atoms with Gasteiger partial charge in [-0.25, -0.2) is 4.98 Å². The molecule has 2 aromatic rings. The number of nitrogens with two attached hydrogens (primary N) is 1. The number of methoxy groups -OCH3 is 2. The Labute approximate surface area is 119 Å². The molecule has 0 aliphatic heterocycles. The maximum Gasteiger partial charge on any atom is 0.349 e. The fourth-order valence-electron chi connectivity index (χ4n) is 1.52. The predicted molar refractivity (Wildman–Crippen MR) is 72.7 cm³/mol. The van der Waals surface area contributed by atoms with E-state index in [9.17, 15) is 10.1 Å². The lowest BCUT2D eigenvalue weighted by Gasteiger charge is -2.09. The van der Waals surface area contributed by atoms with Gasteiger partial charge in [0, 0.05) is 18.2 Å². The molecule has 2 rings (SSSR count). The summed E-state index contributed by atoms with van der Waals surface area (Å²) >= 11 is 0. The Balaban J connectivity index is 2.42. The molecule has 0 aliphatic carbocycles. The highest BCUT2D eigenvalue weighted by molar-refractivity contribution is 5.47. The van der Waals surface area contributed by atoms with Crippen molar-refractivity contribution in [1.82, 2.24) is 9.97 Å². The first-order valence-corrected chi connectivity index (χ1v) is 5.71. The second-order valence-corrected chi connectivity index (χ2v) is 3.83. The molecule has 0 saturated heterocycles. The van der Waals surface area contributed by atoms with Crippen LogP contribution >= 0.6 is 0 Å². The number of nitro groups is 1. The molecule has 9 heteroatoms. The lowest BCUT2D eigenvalue weighted by atomic mass is 10.3. The molecule has 2 N–H and O–H groups in total. The van der Waals surface area contributed by atoms with Gasteiger partial charge in [-0.15, -0.1) is 0 Å². The zero-order valence-electron chi connectivity index (χ0n) is 11.3. The molecule has 21 heavy (non-hydrogen) atoms. The number of anilines is 1. The van der Waals surface area contributed by atoms with Crippen LogP contribution in [0, 0.1) is 10.1 Å². The lowest BCUT2D eigenvalue weighted by molar-refractivity contribution is -0.386. The normalized spacial score (nSPS) is 10.0. The highest BCUT2D eigenvalue weighted by atomic mass is 16.6. The summed E-state index contributed by atoms with van der Waals surface area (Å²) in [6, 6.07) is 4.70. The molecule has 0 spiro atoms. The average Bonchev–Trinajstić information content (AvgIpc) is 2.46. The topological polar surface area (TPSA) is 123 Å². The van der Waals surface area contributed by atoms with Gasteiger partial charge in [-0.2, -0.15) is 4.98 Å². The molecule has 0 radical (unpaired) electrons. The van der Waals surface area contributed by atoms with E-state index < -0.39 is 10.6 Å². The molecule has 0 amide bonds. The number of rotatable bonds is 5. The van der Waals surface area contributed by atoms with E-state index >= 15 is 0 Å². The highest BCUT2D eigenvalue weighted by Gasteiger charge is 2.19. The van der Waals surface area contributed by atoms with Crippen LogP contribution in [0.25, 0.3) is 0 Å². The molecule has 1 aromatic carbocycles. The highest BCUT2D eigenvalue weighted by Crippen LogP contribution is 2.33. The molecular formula is C12H12N4O5. The SMILES string of the molecule is COc1cc(OC)cc(Oc2nc(N)ncc2[N+](=O)[O-])c1. The number of nitrogens with zero attached hydrogens (tertiary/aromatic N) is 3. The number of hydrogen-bond donors (Lipinski definition) is 1. The van der Waals surface area contributed by atoms with Crippen molar-refractivity contribution in [3.05, 3.63) is 34.5 Å². The van der Waals surface area contributed by atoms with Crippen molar-refractivity contribution in [3.8, 4) is 23.1 Å². The fourth-order valence-corrected chi connectivity index (χ4v) is 1.52. The van der Waals surface area contributed by atoms with Gasteiger partial charge in [0.05, 0.1) is 19.1 Å². The van der Waals surface area contributed by atoms with E-state index in [4.69, 9.17) is 19.9 Å². The van der Waals surface area contributed by atoms with Crippen LogP contribution in [-0.2, 0) is 0 Å². The molecule has 9 nitrogen and oxygen atoms in total. The van der Waals surface area contributed by atoms with Gasteiger partial charge >= 0.3 is 11.6 Å². The van der Waals surface area contributed by atoms with E-state index in [1.807, 2.05) is 0 Å². The summed E-state index contributed by atoms with van der Waals surface area (Å²) in [5.41, 5.74) is 5.02. The summed E-state index contributed by atoms with van der Waals surface area (Å²) in [5.74, 6) is 0.795. The third-order valence-electron chi connectivity index (χ3n) is 2.49. The summed E-state index contributed by atoms with van der Waals surface area (Å²) in [6.07, 6.45) is 0.981. The van der Waals surface area contributed by atoms with E-state index in [0.29, 0.717) is 11.5 Å². The Hall–Kier alpha value is -3.10. The Morgan fingerprint density at radius 3 is 2.24 bits per heavy atom. The minimum atomic E-state index is -0.661. The van der Waals surface area contributed by atoms with Crippen LogP contribution < -0.4 is 19.9 Å². The minimum absolute atomic E-state index is 0.134. The maximum absolute atomic E-state index is 10.9. The molecule has 0 bridgehead atoms. The molecule has 1 aromatic heterocycles. The second-order valence-electron chi connectivity index (χ2n) is 3.83. The minimum Gasteiger partial charge on any atom is -0.496 e. The van der Waals surface area contributed by atoms with Gasteiger partial charge in [0.1, 0.15) is 23.4 Å². The van der Waals surface area contributed by atoms with Gasteiger partial charge in [0.15, 0.2) is 0 Å². The van der Waals surface area contributed by atoms with Crippen molar-refractivity contribution >= 4 is 11.6 Å². The van der Waals surface area contributed by atoms with Crippen LogP contribution in [0.3, 0.4) is 0 Å². The maximum atomic E-state index is 10.9. The van der Waals surface area contributed by atoms with Crippen molar-refractivity contribution in [2.75, 3.05) is 20.0 Å². The van der Waals surface area contributed by atoms with Crippen LogP contribution in [0.1, 0.15) is 0 Å². The smallest absolute Gasteiger partial charge is 0.349 e. The first kappa shape index (κ1) is 14.3. The van der Waals surface area contributed by atoms with E-state index in [1.54, 1.807) is 6.07 Å². The molecule has 1 heterocycles. The van der Waals surface area contributed by atoms with Crippen LogP contribution in [0.5, 0.6) is 23.1 Å². The third-order valence-corrected chi connectivity index (χ3v) is 2.49. The standard InChI is InChI=1S/C12H12N4O5/c1-19-7-3-8(20-2)5-9(4-7)21-11-10(16(17)18)6-14-12(13)15-11/h3-6H,1-2H3,(H2,13,14,15). The molecular weight excluding hydrogens is 280 g/mol. The zero-order chi connectivity index (χ0) is 15.4. The van der Waals surface area contributed by atoms with Crippen LogP contribution in [-0.4, -0.2) is 29.1 Å². The molecule has 0 aliphatic rings. The van der Waals surface area contributed by atoms with Crippen LogP contribution in [0.15, 0.2) is 24.4 Å². The van der Waals surface area contributed by atoms with E-state index in [2.05, 4.69) is 9.97 Å². The van der Waals surface area contributed by atoms with Gasteiger partial charge in [-0.3, -0.25) is 10.1 Å². The molecule has 0 atom stereocenters. The fraction of sp³-hybridized carbons (Fsp3) is 0.167. The number of ether oxygens (including phenoxy) is 3. The van der Waals surface area contributed by atoms with Crippen molar-refractivity contribution in [2.45, 2.75) is 0 Å². The number of hydrogen-bond acceptors (Lipinski definition) is 8. The second kappa shape index (κ2) is 5.90. The summed E-state index contributed by atoms with van der Waals surface area (Å²) in [6.45, 7) is 0. The van der Waals surface area contributed by atoms with Crippen molar-refractivity contribution in [2.24, 2.45) is 0 Å². The summed E-state index contributed by atoms with van der Waals surface area (Å²) in [4.78, 5) is 17.6. The Morgan fingerprint density at radius 1 is 1.14 bits per heavy atom. The first-order valence-electron chi connectivity index (χ1n) is 5.71. The quantitative estimate of drug-likeness (QED) is 0.653. The van der Waals surface area contributed by atoms with E-state index in [-0.39, 0.29) is 17.6 Å². The molecule has 0 fully saturated rings. The van der Waals surface area contributed by atoms with E-state index in [0.717, 1.165) is 6.20 Å². The first-order chi connectivity index (χ1) is 10.0. The Bertz CT molecular complexity index is 654. The zero-order valence-corrected chi connectivity index (χ0v) is 11.3. The molecule has 0 saturated carbocycles.